The Hall–Kier alpha value is -3.08. The average molecular weight is 333 g/mol. The number of rotatable bonds is 2. The Bertz CT molecular complexity index is 934. The summed E-state index contributed by atoms with van der Waals surface area (Å²) >= 11 is 0. The minimum absolute atomic E-state index is 0.105. The van der Waals surface area contributed by atoms with Crippen LogP contribution in [0, 0.1) is 0 Å². The maximum Gasteiger partial charge on any atom is 0.322 e. The van der Waals surface area contributed by atoms with Gasteiger partial charge in [0.1, 0.15) is 5.75 Å². The van der Waals surface area contributed by atoms with Crippen molar-refractivity contribution in [3.05, 3.63) is 65.9 Å². The molecule has 1 aliphatic heterocycles. The maximum absolute atomic E-state index is 12.7. The van der Waals surface area contributed by atoms with Gasteiger partial charge in [-0.15, -0.1) is 0 Å². The van der Waals surface area contributed by atoms with Gasteiger partial charge < -0.3 is 15.0 Å². The zero-order valence-electron chi connectivity index (χ0n) is 14.0. The highest BCUT2D eigenvalue weighted by Crippen LogP contribution is 2.25. The first kappa shape index (κ1) is 15.4. The molecule has 1 aliphatic rings. The number of nitrogens with one attached hydrogen (secondary N) is 1. The van der Waals surface area contributed by atoms with Gasteiger partial charge in [0.25, 0.3) is 0 Å². The fraction of sp³-hybridized carbons (Fsp3) is 0.200. The normalized spacial score (nSPS) is 13.4. The van der Waals surface area contributed by atoms with Crippen LogP contribution in [0.4, 0.5) is 10.5 Å². The highest BCUT2D eigenvalue weighted by Gasteiger charge is 2.21. The number of methoxy groups -OCH3 is 1. The van der Waals surface area contributed by atoms with Crippen molar-refractivity contribution in [2.45, 2.75) is 13.0 Å². The van der Waals surface area contributed by atoms with Crippen molar-refractivity contribution in [2.24, 2.45) is 0 Å². The van der Waals surface area contributed by atoms with Crippen LogP contribution in [0.1, 0.15) is 11.1 Å². The maximum atomic E-state index is 12.7. The van der Waals surface area contributed by atoms with E-state index >= 15 is 0 Å². The molecule has 2 amide bonds. The lowest BCUT2D eigenvalue weighted by Crippen LogP contribution is -2.38. The SMILES string of the molecule is COc1ccc2c(c1)CN(C(=O)Nc1cccc3cccnc13)CC2. The lowest BCUT2D eigenvalue weighted by Gasteiger charge is -2.29. The summed E-state index contributed by atoms with van der Waals surface area (Å²) in [5.41, 5.74) is 3.95. The van der Waals surface area contributed by atoms with Gasteiger partial charge in [-0.25, -0.2) is 4.79 Å². The fourth-order valence-electron chi connectivity index (χ4n) is 3.23. The van der Waals surface area contributed by atoms with Crippen molar-refractivity contribution in [1.29, 1.82) is 0 Å². The summed E-state index contributed by atoms with van der Waals surface area (Å²) in [4.78, 5) is 18.9. The summed E-state index contributed by atoms with van der Waals surface area (Å²) in [5.74, 6) is 0.819. The van der Waals surface area contributed by atoms with E-state index in [1.807, 2.05) is 47.4 Å². The number of hydrogen-bond acceptors (Lipinski definition) is 3. The van der Waals surface area contributed by atoms with Gasteiger partial charge in [0.2, 0.25) is 0 Å². The second-order valence-corrected chi connectivity index (χ2v) is 6.12. The highest BCUT2D eigenvalue weighted by atomic mass is 16.5. The number of ether oxygens (including phenoxy) is 1. The van der Waals surface area contributed by atoms with E-state index in [-0.39, 0.29) is 6.03 Å². The van der Waals surface area contributed by atoms with Gasteiger partial charge in [-0.1, -0.05) is 24.3 Å². The van der Waals surface area contributed by atoms with Gasteiger partial charge in [0, 0.05) is 24.7 Å². The number of benzene rings is 2. The Morgan fingerprint density at radius 3 is 2.92 bits per heavy atom. The second kappa shape index (κ2) is 6.43. The molecular formula is C20H19N3O2. The van der Waals surface area contributed by atoms with Crippen molar-refractivity contribution >= 4 is 22.6 Å². The van der Waals surface area contributed by atoms with Gasteiger partial charge >= 0.3 is 6.03 Å². The smallest absolute Gasteiger partial charge is 0.322 e. The number of para-hydroxylation sites is 1. The molecule has 0 fully saturated rings. The molecule has 1 N–H and O–H groups in total. The minimum atomic E-state index is -0.105. The van der Waals surface area contributed by atoms with Crippen LogP contribution in [0.15, 0.2) is 54.7 Å². The van der Waals surface area contributed by atoms with Gasteiger partial charge in [-0.2, -0.15) is 0 Å². The molecule has 0 radical (unpaired) electrons. The second-order valence-electron chi connectivity index (χ2n) is 6.12. The third-order valence-corrected chi connectivity index (χ3v) is 4.59. The molecule has 25 heavy (non-hydrogen) atoms. The topological polar surface area (TPSA) is 54.5 Å². The summed E-state index contributed by atoms with van der Waals surface area (Å²) < 4.78 is 5.29. The van der Waals surface area contributed by atoms with Crippen molar-refractivity contribution in [1.82, 2.24) is 9.88 Å². The van der Waals surface area contributed by atoms with Crippen LogP contribution < -0.4 is 10.1 Å². The van der Waals surface area contributed by atoms with E-state index in [0.29, 0.717) is 13.1 Å². The number of aromatic nitrogens is 1. The number of hydrogen-bond donors (Lipinski definition) is 1. The van der Waals surface area contributed by atoms with Crippen molar-refractivity contribution in [2.75, 3.05) is 19.0 Å². The molecule has 4 rings (SSSR count). The van der Waals surface area contributed by atoms with E-state index < -0.39 is 0 Å². The van der Waals surface area contributed by atoms with Crippen LogP contribution in [0.5, 0.6) is 5.75 Å². The van der Waals surface area contributed by atoms with Crippen molar-refractivity contribution in [3.63, 3.8) is 0 Å². The number of pyridine rings is 1. The molecule has 2 aromatic carbocycles. The Balaban J connectivity index is 1.55. The predicted molar refractivity (Wildman–Crippen MR) is 97.9 cm³/mol. The molecule has 0 unspecified atom stereocenters. The fourth-order valence-corrected chi connectivity index (χ4v) is 3.23. The number of carbonyl (C=O) groups is 1. The van der Waals surface area contributed by atoms with E-state index in [2.05, 4.69) is 16.4 Å². The summed E-state index contributed by atoms with van der Waals surface area (Å²) in [6.45, 7) is 1.28. The Kier molecular flexibility index (Phi) is 3.98. The average Bonchev–Trinajstić information content (AvgIpc) is 2.67. The van der Waals surface area contributed by atoms with Crippen LogP contribution >= 0.6 is 0 Å². The van der Waals surface area contributed by atoms with Crippen molar-refractivity contribution in [3.8, 4) is 5.75 Å². The molecule has 5 nitrogen and oxygen atoms in total. The number of amides is 2. The monoisotopic (exact) mass is 333 g/mol. The molecule has 5 heteroatoms. The van der Waals surface area contributed by atoms with E-state index in [1.54, 1.807) is 13.3 Å². The summed E-state index contributed by atoms with van der Waals surface area (Å²) in [6.07, 6.45) is 2.59. The third-order valence-electron chi connectivity index (χ3n) is 4.59. The quantitative estimate of drug-likeness (QED) is 0.775. The van der Waals surface area contributed by atoms with E-state index in [9.17, 15) is 4.79 Å². The van der Waals surface area contributed by atoms with Crippen LogP contribution in [0.25, 0.3) is 10.9 Å². The Morgan fingerprint density at radius 1 is 1.16 bits per heavy atom. The van der Waals surface area contributed by atoms with Crippen molar-refractivity contribution < 1.29 is 9.53 Å². The standard InChI is InChI=1S/C20H19N3O2/c1-25-17-8-7-14-9-11-23(13-16(14)12-17)20(24)22-18-6-2-4-15-5-3-10-21-19(15)18/h2-8,10,12H,9,11,13H2,1H3,(H,22,24). The first-order chi connectivity index (χ1) is 12.2. The first-order valence-electron chi connectivity index (χ1n) is 8.30. The van der Waals surface area contributed by atoms with E-state index in [1.165, 1.54) is 5.56 Å². The van der Waals surface area contributed by atoms with Crippen LogP contribution in [0.2, 0.25) is 0 Å². The highest BCUT2D eigenvalue weighted by molar-refractivity contribution is 5.99. The van der Waals surface area contributed by atoms with Gasteiger partial charge in [-0.3, -0.25) is 4.98 Å². The number of nitrogens with zero attached hydrogens (tertiary/aromatic N) is 2. The summed E-state index contributed by atoms with van der Waals surface area (Å²) in [7, 11) is 1.66. The minimum Gasteiger partial charge on any atom is -0.497 e. The lowest BCUT2D eigenvalue weighted by molar-refractivity contribution is 0.206. The molecule has 1 aromatic heterocycles. The lowest BCUT2D eigenvalue weighted by atomic mass is 10.00. The van der Waals surface area contributed by atoms with Gasteiger partial charge in [0.15, 0.2) is 0 Å². The third kappa shape index (κ3) is 3.01. The largest absolute Gasteiger partial charge is 0.497 e. The Morgan fingerprint density at radius 2 is 2.04 bits per heavy atom. The molecule has 0 aliphatic carbocycles. The molecule has 0 bridgehead atoms. The number of fused-ring (bicyclic) bond motifs is 2. The predicted octanol–water partition coefficient (Wildman–Crippen LogP) is 3.83. The number of anilines is 1. The number of carbonyl (C=O) groups excluding carboxylic acids is 1. The van der Waals surface area contributed by atoms with E-state index in [0.717, 1.165) is 34.3 Å². The molecular weight excluding hydrogens is 314 g/mol. The molecule has 0 saturated carbocycles. The molecule has 126 valence electrons. The van der Waals surface area contributed by atoms with Crippen LogP contribution in [-0.4, -0.2) is 29.6 Å². The molecule has 0 spiro atoms. The van der Waals surface area contributed by atoms with Gasteiger partial charge in [-0.05, 0) is 41.8 Å². The molecule has 0 atom stereocenters. The van der Waals surface area contributed by atoms with E-state index in [4.69, 9.17) is 4.74 Å². The molecule has 2 heterocycles. The number of urea groups is 1. The van der Waals surface area contributed by atoms with Crippen LogP contribution in [0.3, 0.4) is 0 Å². The first-order valence-corrected chi connectivity index (χ1v) is 8.30. The molecule has 0 saturated heterocycles. The van der Waals surface area contributed by atoms with Gasteiger partial charge in [0.05, 0.1) is 18.3 Å². The zero-order chi connectivity index (χ0) is 17.2. The zero-order valence-corrected chi connectivity index (χ0v) is 14.0. The Labute approximate surface area is 146 Å². The summed E-state index contributed by atoms with van der Waals surface area (Å²) in [5, 5.41) is 4.02. The molecule has 3 aromatic rings. The summed E-state index contributed by atoms with van der Waals surface area (Å²) in [6, 6.07) is 15.6. The van der Waals surface area contributed by atoms with Crippen LogP contribution in [-0.2, 0) is 13.0 Å².